The van der Waals surface area contributed by atoms with E-state index < -0.39 is 0 Å². The van der Waals surface area contributed by atoms with Crippen LogP contribution in [-0.4, -0.2) is 18.7 Å². The van der Waals surface area contributed by atoms with E-state index in [1.807, 2.05) is 13.1 Å². The van der Waals surface area contributed by atoms with Crippen LogP contribution in [0.2, 0.25) is 0 Å². The van der Waals surface area contributed by atoms with E-state index in [0.29, 0.717) is 5.75 Å². The monoisotopic (exact) mass is 167 g/mol. The fourth-order valence-electron chi connectivity index (χ4n) is 0.678. The molecule has 0 fully saturated rings. The summed E-state index contributed by atoms with van der Waals surface area (Å²) < 4.78 is 0. The van der Waals surface area contributed by atoms with Crippen molar-refractivity contribution in [3.63, 3.8) is 0 Å². The summed E-state index contributed by atoms with van der Waals surface area (Å²) >= 11 is 0. The molecule has 0 amide bonds. The van der Waals surface area contributed by atoms with Gasteiger partial charge in [0.25, 0.3) is 0 Å². The number of hydrogen-bond donors (Lipinski definition) is 2. The number of para-hydroxylation sites is 1. The van der Waals surface area contributed by atoms with Crippen LogP contribution >= 0.6 is 0 Å². The van der Waals surface area contributed by atoms with Crippen LogP contribution in [0.4, 0.5) is 0 Å². The first-order chi connectivity index (χ1) is 5.81. The molecule has 0 radical (unpaired) electrons. The Morgan fingerprint density at radius 2 is 1.83 bits per heavy atom. The first kappa shape index (κ1) is 11.0. The van der Waals surface area contributed by atoms with Crippen molar-refractivity contribution in [3.8, 4) is 5.75 Å². The molecule has 0 aromatic heterocycles. The minimum absolute atomic E-state index is 0.322. The Morgan fingerprint density at radius 3 is 2.00 bits per heavy atom. The Morgan fingerprint density at radius 1 is 1.25 bits per heavy atom. The SMILES string of the molecule is CCCNC.Oc1ccccc1. The highest BCUT2D eigenvalue weighted by atomic mass is 16.3. The van der Waals surface area contributed by atoms with Gasteiger partial charge in [-0.2, -0.15) is 0 Å². The highest BCUT2D eigenvalue weighted by Crippen LogP contribution is 2.02. The van der Waals surface area contributed by atoms with Gasteiger partial charge in [0.05, 0.1) is 0 Å². The van der Waals surface area contributed by atoms with E-state index in [9.17, 15) is 0 Å². The molecule has 0 spiro atoms. The van der Waals surface area contributed by atoms with Gasteiger partial charge in [0.1, 0.15) is 5.75 Å². The zero-order valence-corrected chi connectivity index (χ0v) is 7.75. The van der Waals surface area contributed by atoms with Crippen molar-refractivity contribution in [2.45, 2.75) is 13.3 Å². The molecule has 0 aliphatic heterocycles. The quantitative estimate of drug-likeness (QED) is 0.706. The van der Waals surface area contributed by atoms with Crippen LogP contribution in [0.25, 0.3) is 0 Å². The molecular formula is C10H17NO. The molecule has 1 aromatic carbocycles. The molecule has 2 N–H and O–H groups in total. The molecule has 1 rings (SSSR count). The molecule has 1 aromatic rings. The maximum absolute atomic E-state index is 8.63. The molecule has 12 heavy (non-hydrogen) atoms. The summed E-state index contributed by atoms with van der Waals surface area (Å²) in [5.74, 6) is 0.322. The average molecular weight is 167 g/mol. The topological polar surface area (TPSA) is 32.3 Å². The molecule has 0 heterocycles. The smallest absolute Gasteiger partial charge is 0.115 e. The number of benzene rings is 1. The van der Waals surface area contributed by atoms with Crippen molar-refractivity contribution in [1.29, 1.82) is 0 Å². The maximum Gasteiger partial charge on any atom is 0.115 e. The highest BCUT2D eigenvalue weighted by Gasteiger charge is 1.74. The summed E-state index contributed by atoms with van der Waals surface area (Å²) in [6, 6.07) is 8.71. The molecule has 2 heteroatoms. The molecular weight excluding hydrogens is 150 g/mol. The third kappa shape index (κ3) is 7.09. The highest BCUT2D eigenvalue weighted by molar-refractivity contribution is 5.18. The van der Waals surface area contributed by atoms with Gasteiger partial charge in [-0.25, -0.2) is 0 Å². The van der Waals surface area contributed by atoms with E-state index in [4.69, 9.17) is 5.11 Å². The van der Waals surface area contributed by atoms with Crippen LogP contribution in [0.15, 0.2) is 30.3 Å². The predicted molar refractivity (Wildman–Crippen MR) is 52.3 cm³/mol. The number of nitrogens with one attached hydrogen (secondary N) is 1. The van der Waals surface area contributed by atoms with Gasteiger partial charge < -0.3 is 10.4 Å². The molecule has 0 atom stereocenters. The largest absolute Gasteiger partial charge is 0.508 e. The van der Waals surface area contributed by atoms with Crippen molar-refractivity contribution in [2.24, 2.45) is 0 Å². The van der Waals surface area contributed by atoms with E-state index in [0.717, 1.165) is 6.54 Å². The lowest BCUT2D eigenvalue weighted by atomic mass is 10.3. The summed E-state index contributed by atoms with van der Waals surface area (Å²) in [6.07, 6.45) is 1.23. The molecule has 0 aliphatic rings. The lowest BCUT2D eigenvalue weighted by Crippen LogP contribution is -2.04. The summed E-state index contributed by atoms with van der Waals surface area (Å²) in [6.45, 7) is 3.29. The number of hydrogen-bond acceptors (Lipinski definition) is 2. The fourth-order valence-corrected chi connectivity index (χ4v) is 0.678. The van der Waals surface area contributed by atoms with Crippen molar-refractivity contribution in [1.82, 2.24) is 5.32 Å². The number of aromatic hydroxyl groups is 1. The summed E-state index contributed by atoms with van der Waals surface area (Å²) in [7, 11) is 1.96. The lowest BCUT2D eigenvalue weighted by molar-refractivity contribution is 0.475. The molecule has 0 saturated heterocycles. The summed E-state index contributed by atoms with van der Waals surface area (Å²) in [5, 5.41) is 11.6. The van der Waals surface area contributed by atoms with Crippen LogP contribution in [0.3, 0.4) is 0 Å². The minimum Gasteiger partial charge on any atom is -0.508 e. The molecule has 0 unspecified atom stereocenters. The van der Waals surface area contributed by atoms with Crippen LogP contribution in [0.5, 0.6) is 5.75 Å². The number of phenols is 1. The van der Waals surface area contributed by atoms with E-state index in [2.05, 4.69) is 12.2 Å². The van der Waals surface area contributed by atoms with Gasteiger partial charge >= 0.3 is 0 Å². The Hall–Kier alpha value is -1.02. The lowest BCUT2D eigenvalue weighted by Gasteiger charge is -1.84. The van der Waals surface area contributed by atoms with Gasteiger partial charge in [0.15, 0.2) is 0 Å². The van der Waals surface area contributed by atoms with Gasteiger partial charge in [-0.05, 0) is 32.1 Å². The summed E-state index contributed by atoms with van der Waals surface area (Å²) in [5.41, 5.74) is 0. The molecule has 2 nitrogen and oxygen atoms in total. The Balaban J connectivity index is 0.000000217. The first-order valence-corrected chi connectivity index (χ1v) is 4.19. The van der Waals surface area contributed by atoms with Crippen LogP contribution in [0.1, 0.15) is 13.3 Å². The van der Waals surface area contributed by atoms with Gasteiger partial charge in [-0.15, -0.1) is 0 Å². The third-order valence-corrected chi connectivity index (χ3v) is 1.26. The zero-order valence-electron chi connectivity index (χ0n) is 7.75. The van der Waals surface area contributed by atoms with Crippen LogP contribution < -0.4 is 5.32 Å². The molecule has 0 aliphatic carbocycles. The van der Waals surface area contributed by atoms with Gasteiger partial charge in [0.2, 0.25) is 0 Å². The normalized spacial score (nSPS) is 8.50. The molecule has 0 saturated carbocycles. The maximum atomic E-state index is 8.63. The van der Waals surface area contributed by atoms with Gasteiger partial charge in [-0.3, -0.25) is 0 Å². The minimum atomic E-state index is 0.322. The van der Waals surface area contributed by atoms with Crippen molar-refractivity contribution >= 4 is 0 Å². The fraction of sp³-hybridized carbons (Fsp3) is 0.400. The van der Waals surface area contributed by atoms with Crippen LogP contribution in [-0.2, 0) is 0 Å². The predicted octanol–water partition coefficient (Wildman–Crippen LogP) is 2.01. The van der Waals surface area contributed by atoms with E-state index in [1.165, 1.54) is 6.42 Å². The summed E-state index contributed by atoms with van der Waals surface area (Å²) in [4.78, 5) is 0. The standard InChI is InChI=1S/C6H6O.C4H11N/c7-6-4-2-1-3-5-6;1-3-4-5-2/h1-5,7H;5H,3-4H2,1-2H3. The second kappa shape index (κ2) is 8.08. The van der Waals surface area contributed by atoms with Crippen molar-refractivity contribution in [3.05, 3.63) is 30.3 Å². The van der Waals surface area contributed by atoms with Crippen molar-refractivity contribution in [2.75, 3.05) is 13.6 Å². The third-order valence-electron chi connectivity index (χ3n) is 1.26. The number of rotatable bonds is 2. The van der Waals surface area contributed by atoms with Crippen LogP contribution in [0, 0.1) is 0 Å². The van der Waals surface area contributed by atoms with Crippen molar-refractivity contribution < 1.29 is 5.11 Å². The molecule has 68 valence electrons. The second-order valence-corrected chi connectivity index (χ2v) is 2.44. The Bertz CT molecular complexity index is 172. The zero-order chi connectivity index (χ0) is 9.23. The average Bonchev–Trinajstić information content (AvgIpc) is 2.08. The Kier molecular flexibility index (Phi) is 7.39. The number of phenolic OH excluding ortho intramolecular Hbond substituents is 1. The van der Waals surface area contributed by atoms with Gasteiger partial charge in [0, 0.05) is 0 Å². The molecule has 0 bridgehead atoms. The second-order valence-electron chi connectivity index (χ2n) is 2.44. The van der Waals surface area contributed by atoms with E-state index in [1.54, 1.807) is 24.3 Å². The Labute approximate surface area is 74.2 Å². The van der Waals surface area contributed by atoms with E-state index >= 15 is 0 Å². The van der Waals surface area contributed by atoms with E-state index in [-0.39, 0.29) is 0 Å². The first-order valence-electron chi connectivity index (χ1n) is 4.19. The van der Waals surface area contributed by atoms with Gasteiger partial charge in [-0.1, -0.05) is 25.1 Å².